The summed E-state index contributed by atoms with van der Waals surface area (Å²) in [5, 5.41) is 11.2. The number of nitrogens with zero attached hydrogens (tertiary/aromatic N) is 2. The molecular weight excluding hydrogens is 362 g/mol. The Kier molecular flexibility index (Phi) is 10.7. The number of quaternary nitrogens is 1. The summed E-state index contributed by atoms with van der Waals surface area (Å²) in [4.78, 5) is 7.98. The highest BCUT2D eigenvalue weighted by atomic mass is 16.3. The molecule has 6 N–H and O–H groups in total. The van der Waals surface area contributed by atoms with Crippen molar-refractivity contribution in [1.29, 1.82) is 0 Å². The van der Waals surface area contributed by atoms with E-state index in [1.54, 1.807) is 4.90 Å². The number of guanidine groups is 1. The number of hydrogen-bond acceptors (Lipinski definition) is 3. The van der Waals surface area contributed by atoms with Gasteiger partial charge in [0, 0.05) is 19.5 Å². The summed E-state index contributed by atoms with van der Waals surface area (Å²) >= 11 is 0. The molecule has 2 heterocycles. The Balaban J connectivity index is 1.66. The zero-order valence-corrected chi connectivity index (χ0v) is 18.3. The van der Waals surface area contributed by atoms with Crippen LogP contribution < -0.4 is 16.4 Å². The lowest BCUT2D eigenvalue weighted by atomic mass is 10.0. The van der Waals surface area contributed by atoms with Crippen LogP contribution in [0.4, 0.5) is 0 Å². The summed E-state index contributed by atoms with van der Waals surface area (Å²) in [5.41, 5.74) is 10.0. The largest absolute Gasteiger partial charge is 0.372 e. The van der Waals surface area contributed by atoms with Gasteiger partial charge in [0.15, 0.2) is 12.1 Å². The number of aliphatic hydroxyl groups is 1. The van der Waals surface area contributed by atoms with Gasteiger partial charge in [-0.1, -0.05) is 31.8 Å². The number of unbranched alkanes of at least 4 members (excludes halogenated alkanes) is 8. The van der Waals surface area contributed by atoms with Crippen molar-refractivity contribution in [3.8, 4) is 0 Å². The molecule has 2 aliphatic rings. The lowest BCUT2D eigenvalue weighted by molar-refractivity contribution is -0.937. The maximum atomic E-state index is 11.2. The van der Waals surface area contributed by atoms with Gasteiger partial charge in [-0.05, 0) is 57.1 Å². The second kappa shape index (κ2) is 13.0. The third-order valence-electron chi connectivity index (χ3n) is 6.35. The molecule has 0 saturated carbocycles. The molecule has 29 heavy (non-hydrogen) atoms. The molecule has 1 fully saturated rings. The van der Waals surface area contributed by atoms with Crippen LogP contribution in [-0.4, -0.2) is 54.0 Å². The van der Waals surface area contributed by atoms with E-state index in [0.29, 0.717) is 6.17 Å². The first-order chi connectivity index (χ1) is 14.1. The third-order valence-corrected chi connectivity index (χ3v) is 6.35. The van der Waals surface area contributed by atoms with Crippen LogP contribution in [-0.2, 0) is 0 Å². The maximum absolute atomic E-state index is 11.2. The molecule has 0 radical (unpaired) electrons. The van der Waals surface area contributed by atoms with Crippen molar-refractivity contribution in [3.63, 3.8) is 0 Å². The van der Waals surface area contributed by atoms with Gasteiger partial charge < -0.3 is 21.5 Å². The number of rotatable bonds is 15. The lowest BCUT2D eigenvalue weighted by Gasteiger charge is -2.43. The molecule has 3 unspecified atom stereocenters. The molecule has 0 amide bonds. The quantitative estimate of drug-likeness (QED) is 0.145. The molecule has 3 atom stereocenters. The average molecular weight is 407 g/mol. The minimum atomic E-state index is -0.730. The molecule has 0 spiro atoms. The van der Waals surface area contributed by atoms with E-state index in [2.05, 4.69) is 28.6 Å². The normalized spacial score (nSPS) is 26.4. The molecule has 0 aromatic heterocycles. The van der Waals surface area contributed by atoms with Crippen LogP contribution in [0.15, 0.2) is 29.8 Å². The van der Waals surface area contributed by atoms with Crippen molar-refractivity contribution in [2.24, 2.45) is 16.5 Å². The summed E-state index contributed by atoms with van der Waals surface area (Å²) in [7, 11) is 0. The fourth-order valence-corrected chi connectivity index (χ4v) is 4.73. The summed E-state index contributed by atoms with van der Waals surface area (Å²) in [6.45, 7) is 7.85. The molecule has 2 rings (SSSR count). The van der Waals surface area contributed by atoms with Crippen LogP contribution in [0.1, 0.15) is 77.0 Å². The van der Waals surface area contributed by atoms with Crippen LogP contribution in [0.3, 0.4) is 0 Å². The molecule has 0 aromatic rings. The summed E-state index contributed by atoms with van der Waals surface area (Å²) in [6.07, 6.45) is 20.6. The van der Waals surface area contributed by atoms with E-state index in [0.717, 1.165) is 58.2 Å². The zero-order valence-electron chi connectivity index (χ0n) is 18.3. The SMILES string of the molecule is C=CCCCCCCCCC1(O)C=CC2N1CCC[NH+]2CCCCCN=C(N)N. The van der Waals surface area contributed by atoms with Gasteiger partial charge in [0.05, 0.1) is 13.1 Å². The van der Waals surface area contributed by atoms with Crippen LogP contribution >= 0.6 is 0 Å². The standard InChI is InChI=1S/C23H43N5O/c1-2-3-4-5-6-7-8-10-15-23(29)16-14-21-27(19-13-20-28(21)23)18-12-9-11-17-26-22(24)25/h2,14,16,21,29H,1,3-13,15,17-20H2,(H4,24,25,26)/p+1. The van der Waals surface area contributed by atoms with Crippen LogP contribution in [0, 0.1) is 0 Å². The van der Waals surface area contributed by atoms with Crippen LogP contribution in [0.5, 0.6) is 0 Å². The molecule has 0 aliphatic carbocycles. The lowest BCUT2D eigenvalue weighted by Crippen LogP contribution is -3.18. The van der Waals surface area contributed by atoms with Crippen molar-refractivity contribution in [3.05, 3.63) is 24.8 Å². The smallest absolute Gasteiger partial charge is 0.185 e. The van der Waals surface area contributed by atoms with E-state index >= 15 is 0 Å². The van der Waals surface area contributed by atoms with Crippen molar-refractivity contribution < 1.29 is 10.0 Å². The molecule has 166 valence electrons. The monoisotopic (exact) mass is 406 g/mol. The van der Waals surface area contributed by atoms with Gasteiger partial charge in [0.25, 0.3) is 0 Å². The number of fused-ring (bicyclic) bond motifs is 1. The average Bonchev–Trinajstić information content (AvgIpc) is 3.04. The summed E-state index contributed by atoms with van der Waals surface area (Å²) < 4.78 is 0. The zero-order chi connectivity index (χ0) is 21.0. The molecule has 1 saturated heterocycles. The highest BCUT2D eigenvalue weighted by molar-refractivity contribution is 5.75. The van der Waals surface area contributed by atoms with Gasteiger partial charge >= 0.3 is 0 Å². The van der Waals surface area contributed by atoms with E-state index in [1.165, 1.54) is 45.1 Å². The molecule has 6 heteroatoms. The van der Waals surface area contributed by atoms with Gasteiger partial charge in [-0.2, -0.15) is 0 Å². The molecular formula is C23H44N5O+. The minimum Gasteiger partial charge on any atom is -0.372 e. The maximum Gasteiger partial charge on any atom is 0.185 e. The van der Waals surface area contributed by atoms with Gasteiger partial charge in [-0.3, -0.25) is 4.99 Å². The van der Waals surface area contributed by atoms with Crippen molar-refractivity contribution >= 4 is 5.96 Å². The van der Waals surface area contributed by atoms with Crippen LogP contribution in [0.2, 0.25) is 0 Å². The predicted molar refractivity (Wildman–Crippen MR) is 122 cm³/mol. The third kappa shape index (κ3) is 8.11. The predicted octanol–water partition coefficient (Wildman–Crippen LogP) is 1.91. The first kappa shape index (κ1) is 23.9. The van der Waals surface area contributed by atoms with Gasteiger partial charge in [-0.25, -0.2) is 4.90 Å². The molecule has 0 aromatic carbocycles. The van der Waals surface area contributed by atoms with Gasteiger partial charge in [-0.15, -0.1) is 6.58 Å². The number of allylic oxidation sites excluding steroid dienone is 1. The highest BCUT2D eigenvalue weighted by Gasteiger charge is 2.46. The van der Waals surface area contributed by atoms with E-state index in [1.807, 2.05) is 6.08 Å². The fraction of sp³-hybridized carbons (Fsp3) is 0.783. The molecule has 6 nitrogen and oxygen atoms in total. The Morgan fingerprint density at radius 1 is 1.14 bits per heavy atom. The Labute approximate surface area is 177 Å². The number of nitrogens with one attached hydrogen (secondary N) is 1. The van der Waals surface area contributed by atoms with E-state index in [4.69, 9.17) is 11.5 Å². The van der Waals surface area contributed by atoms with E-state index in [9.17, 15) is 5.11 Å². The Hall–Kier alpha value is -1.37. The highest BCUT2D eigenvalue weighted by Crippen LogP contribution is 2.30. The Morgan fingerprint density at radius 3 is 2.62 bits per heavy atom. The Bertz CT molecular complexity index is 531. The van der Waals surface area contributed by atoms with Crippen molar-refractivity contribution in [2.75, 3.05) is 26.2 Å². The topological polar surface area (TPSA) is 92.3 Å². The Morgan fingerprint density at radius 2 is 1.86 bits per heavy atom. The second-order valence-electron chi connectivity index (χ2n) is 8.70. The number of hydrogen-bond donors (Lipinski definition) is 4. The van der Waals surface area contributed by atoms with Crippen molar-refractivity contribution in [2.45, 2.75) is 88.9 Å². The van der Waals surface area contributed by atoms with Gasteiger partial charge in [0.1, 0.15) is 5.72 Å². The second-order valence-corrected chi connectivity index (χ2v) is 8.70. The van der Waals surface area contributed by atoms with Gasteiger partial charge in [0.2, 0.25) is 0 Å². The van der Waals surface area contributed by atoms with Crippen LogP contribution in [0.25, 0.3) is 0 Å². The van der Waals surface area contributed by atoms with Crippen molar-refractivity contribution in [1.82, 2.24) is 4.90 Å². The molecule has 0 bridgehead atoms. The van der Waals surface area contributed by atoms with E-state index in [-0.39, 0.29) is 5.96 Å². The first-order valence-corrected chi connectivity index (χ1v) is 11.8. The molecule has 2 aliphatic heterocycles. The fourth-order valence-electron chi connectivity index (χ4n) is 4.73. The van der Waals surface area contributed by atoms with E-state index < -0.39 is 5.72 Å². The minimum absolute atomic E-state index is 0.186. The summed E-state index contributed by atoms with van der Waals surface area (Å²) in [5.74, 6) is 0.186. The first-order valence-electron chi connectivity index (χ1n) is 11.8. The number of nitrogens with two attached hydrogens (primary N) is 2. The summed E-state index contributed by atoms with van der Waals surface area (Å²) in [6, 6.07) is 0. The number of aliphatic imine (C=N–C) groups is 1.